The molecular weight excluding hydrogens is 304 g/mol. The summed E-state index contributed by atoms with van der Waals surface area (Å²) < 4.78 is 0. The third-order valence-corrected chi connectivity index (χ3v) is 4.49. The average molecular weight is 326 g/mol. The van der Waals surface area contributed by atoms with Crippen molar-refractivity contribution in [3.05, 3.63) is 36.2 Å². The average Bonchev–Trinajstić information content (AvgIpc) is 2.61. The first-order chi connectivity index (χ1) is 11.5. The highest BCUT2D eigenvalue weighted by Crippen LogP contribution is 2.19. The minimum absolute atomic E-state index is 0.0375. The standard InChI is InChI=1S/C18H22N4O2/c1-13(23)22-9-5-6-14(11-22)18(24)21(2)12-15-10-19-16-7-3-4-8-17(16)20-15/h3-4,7-8,10,14H,5-6,9,11-12H2,1-2H3. The minimum Gasteiger partial charge on any atom is -0.342 e. The van der Waals surface area contributed by atoms with E-state index in [1.807, 2.05) is 24.3 Å². The Labute approximate surface area is 141 Å². The predicted octanol–water partition coefficient (Wildman–Crippen LogP) is 1.85. The van der Waals surface area contributed by atoms with E-state index in [1.165, 1.54) is 0 Å². The van der Waals surface area contributed by atoms with Crippen LogP contribution < -0.4 is 0 Å². The van der Waals surface area contributed by atoms with E-state index in [1.54, 1.807) is 30.0 Å². The molecule has 0 bridgehead atoms. The number of fused-ring (bicyclic) bond motifs is 1. The molecule has 1 aromatic heterocycles. The van der Waals surface area contributed by atoms with Gasteiger partial charge in [-0.25, -0.2) is 4.98 Å². The number of piperidine rings is 1. The molecule has 0 saturated carbocycles. The molecule has 1 saturated heterocycles. The fourth-order valence-corrected chi connectivity index (χ4v) is 3.17. The molecule has 24 heavy (non-hydrogen) atoms. The molecule has 6 nitrogen and oxygen atoms in total. The summed E-state index contributed by atoms with van der Waals surface area (Å²) in [6.07, 6.45) is 3.42. The molecule has 1 aliphatic rings. The topological polar surface area (TPSA) is 66.4 Å². The summed E-state index contributed by atoms with van der Waals surface area (Å²) in [5.74, 6) is -0.0208. The van der Waals surface area contributed by atoms with Crippen LogP contribution in [0.3, 0.4) is 0 Å². The summed E-state index contributed by atoms with van der Waals surface area (Å²) in [7, 11) is 1.78. The minimum atomic E-state index is -0.124. The van der Waals surface area contributed by atoms with Crippen molar-refractivity contribution in [2.45, 2.75) is 26.3 Å². The maximum absolute atomic E-state index is 12.7. The number of aromatic nitrogens is 2. The Hall–Kier alpha value is -2.50. The van der Waals surface area contributed by atoms with Crippen LogP contribution in [0.15, 0.2) is 30.5 Å². The Morgan fingerprint density at radius 3 is 2.79 bits per heavy atom. The van der Waals surface area contributed by atoms with Crippen LogP contribution in [0, 0.1) is 5.92 Å². The molecule has 1 aliphatic heterocycles. The van der Waals surface area contributed by atoms with E-state index in [4.69, 9.17) is 0 Å². The fourth-order valence-electron chi connectivity index (χ4n) is 3.17. The molecule has 1 unspecified atom stereocenters. The van der Waals surface area contributed by atoms with Gasteiger partial charge in [-0.15, -0.1) is 0 Å². The van der Waals surface area contributed by atoms with Gasteiger partial charge in [0, 0.05) is 27.1 Å². The summed E-state index contributed by atoms with van der Waals surface area (Å²) in [5.41, 5.74) is 2.44. The Balaban J connectivity index is 1.67. The number of likely N-dealkylation sites (tertiary alicyclic amines) is 1. The Kier molecular flexibility index (Phi) is 4.74. The summed E-state index contributed by atoms with van der Waals surface area (Å²) in [6.45, 7) is 3.25. The van der Waals surface area contributed by atoms with E-state index in [0.29, 0.717) is 13.1 Å². The number of carbonyl (C=O) groups is 2. The summed E-state index contributed by atoms with van der Waals surface area (Å²) >= 11 is 0. The molecule has 6 heteroatoms. The van der Waals surface area contributed by atoms with Gasteiger partial charge in [-0.3, -0.25) is 14.6 Å². The third-order valence-electron chi connectivity index (χ3n) is 4.49. The van der Waals surface area contributed by atoms with Crippen molar-refractivity contribution < 1.29 is 9.59 Å². The smallest absolute Gasteiger partial charge is 0.227 e. The summed E-state index contributed by atoms with van der Waals surface area (Å²) in [6, 6.07) is 7.68. The van der Waals surface area contributed by atoms with Crippen LogP contribution in [0.5, 0.6) is 0 Å². The number of hydrogen-bond acceptors (Lipinski definition) is 4. The van der Waals surface area contributed by atoms with Gasteiger partial charge in [0.15, 0.2) is 0 Å². The summed E-state index contributed by atoms with van der Waals surface area (Å²) in [4.78, 5) is 36.6. The van der Waals surface area contributed by atoms with Gasteiger partial charge in [0.2, 0.25) is 11.8 Å². The highest BCUT2D eigenvalue weighted by atomic mass is 16.2. The Bertz CT molecular complexity index is 762. The summed E-state index contributed by atoms with van der Waals surface area (Å²) in [5, 5.41) is 0. The normalized spacial score (nSPS) is 17.8. The zero-order chi connectivity index (χ0) is 17.1. The van der Waals surface area contributed by atoms with E-state index < -0.39 is 0 Å². The van der Waals surface area contributed by atoms with E-state index in [9.17, 15) is 9.59 Å². The molecule has 2 aromatic rings. The number of nitrogens with zero attached hydrogens (tertiary/aromatic N) is 4. The van der Waals surface area contributed by atoms with Gasteiger partial charge < -0.3 is 9.80 Å². The first kappa shape index (κ1) is 16.4. The van der Waals surface area contributed by atoms with Crippen LogP contribution in [0.2, 0.25) is 0 Å². The first-order valence-corrected chi connectivity index (χ1v) is 8.26. The zero-order valence-corrected chi connectivity index (χ0v) is 14.1. The second-order valence-corrected chi connectivity index (χ2v) is 6.35. The molecule has 0 aliphatic carbocycles. The van der Waals surface area contributed by atoms with Gasteiger partial charge in [-0.2, -0.15) is 0 Å². The molecule has 1 aromatic carbocycles. The van der Waals surface area contributed by atoms with Crippen molar-refractivity contribution in [2.75, 3.05) is 20.1 Å². The van der Waals surface area contributed by atoms with E-state index in [2.05, 4.69) is 9.97 Å². The van der Waals surface area contributed by atoms with Crippen LogP contribution in [-0.2, 0) is 16.1 Å². The maximum atomic E-state index is 12.7. The van der Waals surface area contributed by atoms with Crippen molar-refractivity contribution in [3.63, 3.8) is 0 Å². The number of carbonyl (C=O) groups excluding carboxylic acids is 2. The molecule has 2 heterocycles. The molecule has 0 N–H and O–H groups in total. The van der Waals surface area contributed by atoms with Gasteiger partial charge in [0.05, 0.1) is 35.4 Å². The largest absolute Gasteiger partial charge is 0.342 e. The second kappa shape index (κ2) is 6.95. The van der Waals surface area contributed by atoms with E-state index in [0.717, 1.165) is 36.1 Å². The lowest BCUT2D eigenvalue weighted by molar-refractivity contribution is -0.139. The van der Waals surface area contributed by atoms with Crippen molar-refractivity contribution in [1.82, 2.24) is 19.8 Å². The molecule has 126 valence electrons. The monoisotopic (exact) mass is 326 g/mol. The molecular formula is C18H22N4O2. The van der Waals surface area contributed by atoms with Crippen LogP contribution in [0.4, 0.5) is 0 Å². The first-order valence-electron chi connectivity index (χ1n) is 8.26. The third kappa shape index (κ3) is 3.53. The lowest BCUT2D eigenvalue weighted by atomic mass is 9.96. The van der Waals surface area contributed by atoms with Gasteiger partial charge >= 0.3 is 0 Å². The van der Waals surface area contributed by atoms with Gasteiger partial charge in [-0.05, 0) is 25.0 Å². The van der Waals surface area contributed by atoms with Gasteiger partial charge in [0.1, 0.15) is 0 Å². The number of rotatable bonds is 3. The highest BCUT2D eigenvalue weighted by Gasteiger charge is 2.29. The molecule has 1 fully saturated rings. The lowest BCUT2D eigenvalue weighted by Crippen LogP contribution is -2.45. The fraction of sp³-hybridized carbons (Fsp3) is 0.444. The van der Waals surface area contributed by atoms with Crippen LogP contribution in [0.25, 0.3) is 11.0 Å². The predicted molar refractivity (Wildman–Crippen MR) is 91.0 cm³/mol. The van der Waals surface area contributed by atoms with E-state index in [-0.39, 0.29) is 17.7 Å². The van der Waals surface area contributed by atoms with Crippen molar-refractivity contribution >= 4 is 22.8 Å². The quantitative estimate of drug-likeness (QED) is 0.863. The molecule has 0 spiro atoms. The highest BCUT2D eigenvalue weighted by molar-refractivity contribution is 5.80. The molecule has 3 rings (SSSR count). The van der Waals surface area contributed by atoms with Gasteiger partial charge in [0.25, 0.3) is 0 Å². The van der Waals surface area contributed by atoms with E-state index >= 15 is 0 Å². The van der Waals surface area contributed by atoms with Crippen LogP contribution in [0.1, 0.15) is 25.5 Å². The number of para-hydroxylation sites is 2. The number of benzene rings is 1. The number of hydrogen-bond donors (Lipinski definition) is 0. The van der Waals surface area contributed by atoms with Crippen LogP contribution in [-0.4, -0.2) is 51.7 Å². The second-order valence-electron chi connectivity index (χ2n) is 6.35. The lowest BCUT2D eigenvalue weighted by Gasteiger charge is -2.33. The van der Waals surface area contributed by atoms with Crippen molar-refractivity contribution in [1.29, 1.82) is 0 Å². The van der Waals surface area contributed by atoms with Crippen molar-refractivity contribution in [3.8, 4) is 0 Å². The zero-order valence-electron chi connectivity index (χ0n) is 14.1. The molecule has 1 atom stereocenters. The van der Waals surface area contributed by atoms with Gasteiger partial charge in [-0.1, -0.05) is 12.1 Å². The van der Waals surface area contributed by atoms with Crippen LogP contribution >= 0.6 is 0 Å². The number of amides is 2. The SMILES string of the molecule is CC(=O)N1CCCC(C(=O)N(C)Cc2cnc3ccccc3n2)C1. The molecule has 2 amide bonds. The Morgan fingerprint density at radius 1 is 1.29 bits per heavy atom. The Morgan fingerprint density at radius 2 is 2.04 bits per heavy atom. The maximum Gasteiger partial charge on any atom is 0.227 e. The molecule has 0 radical (unpaired) electrons. The van der Waals surface area contributed by atoms with Crippen molar-refractivity contribution in [2.24, 2.45) is 5.92 Å².